The van der Waals surface area contributed by atoms with Crippen LogP contribution in [-0.2, 0) is 11.3 Å². The van der Waals surface area contributed by atoms with E-state index in [4.69, 9.17) is 0 Å². The molecule has 0 unspecified atom stereocenters. The van der Waals surface area contributed by atoms with Gasteiger partial charge in [0.25, 0.3) is 0 Å². The second kappa shape index (κ2) is 6.61. The molecule has 1 aromatic heterocycles. The van der Waals surface area contributed by atoms with Crippen molar-refractivity contribution in [3.63, 3.8) is 0 Å². The second-order valence-electron chi connectivity index (χ2n) is 9.10. The van der Waals surface area contributed by atoms with Crippen LogP contribution in [-0.4, -0.2) is 72.9 Å². The third-order valence-corrected chi connectivity index (χ3v) is 7.33. The average molecular weight is 357 g/mol. The first kappa shape index (κ1) is 17.9. The minimum atomic E-state index is -0.135. The highest BCUT2D eigenvalue weighted by Crippen LogP contribution is 2.62. The van der Waals surface area contributed by atoms with E-state index >= 15 is 0 Å². The molecule has 2 aliphatic heterocycles. The average Bonchev–Trinajstić information content (AvgIpc) is 3.12. The van der Waals surface area contributed by atoms with Crippen LogP contribution in [0.1, 0.15) is 31.2 Å². The largest absolute Gasteiger partial charge is 0.348 e. The molecule has 142 valence electrons. The Labute approximate surface area is 157 Å². The van der Waals surface area contributed by atoms with Crippen molar-refractivity contribution in [3.05, 3.63) is 30.1 Å². The molecule has 3 fully saturated rings. The predicted octanol–water partition coefficient (Wildman–Crippen LogP) is 2.09. The summed E-state index contributed by atoms with van der Waals surface area (Å²) >= 11 is 0. The Bertz CT molecular complexity index is 653. The summed E-state index contributed by atoms with van der Waals surface area (Å²) in [5, 5.41) is 0. The van der Waals surface area contributed by atoms with Gasteiger partial charge in [-0.15, -0.1) is 0 Å². The van der Waals surface area contributed by atoms with E-state index in [0.717, 1.165) is 39.1 Å². The summed E-state index contributed by atoms with van der Waals surface area (Å²) in [5.74, 6) is 0.886. The number of amides is 1. The fraction of sp³-hybridized carbons (Fsp3) is 0.714. The van der Waals surface area contributed by atoms with Crippen LogP contribution in [0.4, 0.5) is 0 Å². The summed E-state index contributed by atoms with van der Waals surface area (Å²) in [5.41, 5.74) is 1.53. The molecule has 26 heavy (non-hydrogen) atoms. The first-order valence-corrected chi connectivity index (χ1v) is 9.97. The molecule has 2 atom stereocenters. The van der Waals surface area contributed by atoms with E-state index in [9.17, 15) is 4.79 Å². The lowest BCUT2D eigenvalue weighted by molar-refractivity contribution is -0.141. The molecule has 0 N–H and O–H groups in total. The summed E-state index contributed by atoms with van der Waals surface area (Å²) < 4.78 is 0. The van der Waals surface area contributed by atoms with Crippen LogP contribution in [0.3, 0.4) is 0 Å². The Morgan fingerprint density at radius 2 is 2.04 bits per heavy atom. The van der Waals surface area contributed by atoms with Crippen LogP contribution < -0.4 is 0 Å². The molecule has 3 heterocycles. The Morgan fingerprint density at radius 3 is 2.69 bits per heavy atom. The molecule has 1 aromatic rings. The van der Waals surface area contributed by atoms with Crippen molar-refractivity contribution in [2.75, 3.05) is 47.3 Å². The quantitative estimate of drug-likeness (QED) is 0.831. The third kappa shape index (κ3) is 2.85. The molecule has 1 saturated carbocycles. The number of nitrogens with zero attached hydrogens (tertiary/aromatic N) is 4. The third-order valence-electron chi connectivity index (χ3n) is 7.33. The van der Waals surface area contributed by atoms with Crippen molar-refractivity contribution >= 4 is 5.91 Å². The maximum Gasteiger partial charge on any atom is 0.229 e. The van der Waals surface area contributed by atoms with Gasteiger partial charge in [0.15, 0.2) is 0 Å². The molecular weight excluding hydrogens is 324 g/mol. The van der Waals surface area contributed by atoms with Crippen molar-refractivity contribution in [1.82, 2.24) is 19.7 Å². The Hall–Kier alpha value is -1.46. The van der Waals surface area contributed by atoms with Gasteiger partial charge in [-0.25, -0.2) is 0 Å². The van der Waals surface area contributed by atoms with E-state index < -0.39 is 0 Å². The van der Waals surface area contributed by atoms with Gasteiger partial charge in [-0.05, 0) is 68.8 Å². The van der Waals surface area contributed by atoms with Gasteiger partial charge in [-0.2, -0.15) is 0 Å². The van der Waals surface area contributed by atoms with Crippen molar-refractivity contribution in [1.29, 1.82) is 0 Å². The highest BCUT2D eigenvalue weighted by atomic mass is 16.2. The summed E-state index contributed by atoms with van der Waals surface area (Å²) in [6, 6.07) is 4.19. The Balaban J connectivity index is 1.48. The number of hydrogen-bond donors (Lipinski definition) is 0. The summed E-state index contributed by atoms with van der Waals surface area (Å²) in [7, 11) is 6.04. The number of carbonyl (C=O) groups is 1. The zero-order valence-electron chi connectivity index (χ0n) is 16.4. The van der Waals surface area contributed by atoms with E-state index in [2.05, 4.69) is 27.9 Å². The lowest BCUT2D eigenvalue weighted by Gasteiger charge is -2.44. The molecule has 5 nitrogen and oxygen atoms in total. The summed E-state index contributed by atoms with van der Waals surface area (Å²) in [6.07, 6.45) is 8.58. The molecule has 0 aromatic carbocycles. The smallest absolute Gasteiger partial charge is 0.229 e. The van der Waals surface area contributed by atoms with Crippen molar-refractivity contribution in [2.45, 2.75) is 32.2 Å². The zero-order chi connectivity index (χ0) is 18.4. The monoisotopic (exact) mass is 356 g/mol. The van der Waals surface area contributed by atoms with Gasteiger partial charge in [-0.3, -0.25) is 14.7 Å². The topological polar surface area (TPSA) is 39.7 Å². The Morgan fingerprint density at radius 1 is 1.27 bits per heavy atom. The maximum atomic E-state index is 13.1. The van der Waals surface area contributed by atoms with Crippen molar-refractivity contribution < 1.29 is 4.79 Å². The summed E-state index contributed by atoms with van der Waals surface area (Å²) in [6.45, 7) is 5.30. The molecule has 0 radical (unpaired) electrons. The normalized spacial score (nSPS) is 31.3. The van der Waals surface area contributed by atoms with E-state index in [1.807, 2.05) is 37.5 Å². The van der Waals surface area contributed by atoms with Crippen LogP contribution in [0.2, 0.25) is 0 Å². The fourth-order valence-electron chi connectivity index (χ4n) is 6.10. The maximum absolute atomic E-state index is 13.1. The fourth-order valence-corrected chi connectivity index (χ4v) is 6.10. The van der Waals surface area contributed by atoms with Gasteiger partial charge in [0.05, 0.1) is 5.41 Å². The molecule has 4 rings (SSSR count). The number of hydrogen-bond acceptors (Lipinski definition) is 4. The van der Waals surface area contributed by atoms with Gasteiger partial charge >= 0.3 is 0 Å². The zero-order valence-corrected chi connectivity index (χ0v) is 16.4. The molecule has 1 amide bonds. The number of pyridine rings is 1. The van der Waals surface area contributed by atoms with Gasteiger partial charge in [0, 0.05) is 46.1 Å². The standard InChI is InChI=1S/C21H32N4O/c1-23(2)19(26)21-7-6-20(18(21)15-24(3)16-21)8-11-25(12-9-20)14-17-5-4-10-22-13-17/h4-5,10,13,18H,6-9,11-12,14-16H2,1-3H3/t18-,21+/m0/s1. The van der Waals surface area contributed by atoms with E-state index in [0.29, 0.717) is 17.2 Å². The molecule has 1 aliphatic carbocycles. The minimum absolute atomic E-state index is 0.135. The molecule has 5 heteroatoms. The van der Waals surface area contributed by atoms with Crippen LogP contribution in [0.15, 0.2) is 24.5 Å². The number of fused-ring (bicyclic) bond motifs is 2. The Kier molecular flexibility index (Phi) is 4.56. The van der Waals surface area contributed by atoms with E-state index in [1.54, 1.807) is 0 Å². The summed E-state index contributed by atoms with van der Waals surface area (Å²) in [4.78, 5) is 24.1. The molecule has 0 bridgehead atoms. The highest BCUT2D eigenvalue weighted by Gasteiger charge is 2.63. The van der Waals surface area contributed by atoms with E-state index in [1.165, 1.54) is 24.8 Å². The van der Waals surface area contributed by atoms with Gasteiger partial charge in [-0.1, -0.05) is 6.07 Å². The molecule has 3 aliphatic rings. The van der Waals surface area contributed by atoms with E-state index in [-0.39, 0.29) is 5.41 Å². The number of aromatic nitrogens is 1. The highest BCUT2D eigenvalue weighted by molar-refractivity contribution is 5.84. The first-order chi connectivity index (χ1) is 12.5. The molecule has 1 spiro atoms. The minimum Gasteiger partial charge on any atom is -0.348 e. The van der Waals surface area contributed by atoms with Crippen molar-refractivity contribution in [3.8, 4) is 0 Å². The molecule has 2 saturated heterocycles. The number of rotatable bonds is 3. The van der Waals surface area contributed by atoms with Crippen LogP contribution >= 0.6 is 0 Å². The van der Waals surface area contributed by atoms with Crippen LogP contribution in [0, 0.1) is 16.7 Å². The van der Waals surface area contributed by atoms with Gasteiger partial charge in [0.2, 0.25) is 5.91 Å². The SMILES string of the molecule is CN1C[C@H]2C3(CCN(Cc4cccnc4)CC3)CC[C@@]2(C(=O)N(C)C)C1. The van der Waals surface area contributed by atoms with Crippen LogP contribution in [0.25, 0.3) is 0 Å². The molecular formula is C21H32N4O. The predicted molar refractivity (Wildman–Crippen MR) is 103 cm³/mol. The number of piperidine rings is 1. The first-order valence-electron chi connectivity index (χ1n) is 9.97. The van der Waals surface area contributed by atoms with Crippen molar-refractivity contribution in [2.24, 2.45) is 16.7 Å². The number of likely N-dealkylation sites (tertiary alicyclic amines) is 2. The second-order valence-corrected chi connectivity index (χ2v) is 9.10. The van der Waals surface area contributed by atoms with Crippen LogP contribution in [0.5, 0.6) is 0 Å². The lowest BCUT2D eigenvalue weighted by atomic mass is 9.65. The van der Waals surface area contributed by atoms with Gasteiger partial charge in [0.1, 0.15) is 0 Å². The number of carbonyl (C=O) groups excluding carboxylic acids is 1. The van der Waals surface area contributed by atoms with Gasteiger partial charge < -0.3 is 9.80 Å². The lowest BCUT2D eigenvalue weighted by Crippen LogP contribution is -2.48.